The fourth-order valence-corrected chi connectivity index (χ4v) is 2.08. The average molecular weight is 193 g/mol. The van der Waals surface area contributed by atoms with Crippen molar-refractivity contribution < 1.29 is 0 Å². The highest BCUT2D eigenvalue weighted by molar-refractivity contribution is 4.89. The molecule has 1 heterocycles. The summed E-state index contributed by atoms with van der Waals surface area (Å²) < 4.78 is 2.23. The number of aromatic nitrogens is 2. The molecule has 0 saturated heterocycles. The van der Waals surface area contributed by atoms with Crippen LogP contribution in [-0.4, -0.2) is 22.6 Å². The lowest BCUT2D eigenvalue weighted by molar-refractivity contribution is 0.193. The van der Waals surface area contributed by atoms with Crippen molar-refractivity contribution in [2.24, 2.45) is 5.92 Å². The van der Waals surface area contributed by atoms with E-state index in [-0.39, 0.29) is 0 Å². The van der Waals surface area contributed by atoms with Crippen LogP contribution in [0.15, 0.2) is 18.7 Å². The van der Waals surface area contributed by atoms with Gasteiger partial charge in [0.1, 0.15) is 0 Å². The molecule has 1 saturated carbocycles. The van der Waals surface area contributed by atoms with E-state index in [1.54, 1.807) is 0 Å². The van der Waals surface area contributed by atoms with E-state index in [9.17, 15) is 0 Å². The predicted octanol–water partition coefficient (Wildman–Crippen LogP) is 1.83. The molecule has 1 aliphatic rings. The van der Waals surface area contributed by atoms with Crippen LogP contribution in [0.3, 0.4) is 0 Å². The lowest BCUT2D eigenvalue weighted by Crippen LogP contribution is -2.34. The van der Waals surface area contributed by atoms with Crippen LogP contribution in [0.2, 0.25) is 0 Å². The van der Waals surface area contributed by atoms with Crippen molar-refractivity contribution in [3.8, 4) is 0 Å². The summed E-state index contributed by atoms with van der Waals surface area (Å²) in [5, 5.41) is 3.48. The molecule has 0 amide bonds. The average Bonchev–Trinajstić information content (AvgIpc) is 2.61. The Morgan fingerprint density at radius 1 is 1.50 bits per heavy atom. The van der Waals surface area contributed by atoms with Gasteiger partial charge in [-0.2, -0.15) is 0 Å². The number of nitrogens with zero attached hydrogens (tertiary/aromatic N) is 2. The van der Waals surface area contributed by atoms with Gasteiger partial charge in [-0.25, -0.2) is 4.98 Å². The third-order valence-electron chi connectivity index (χ3n) is 3.02. The molecule has 0 unspecified atom stereocenters. The van der Waals surface area contributed by atoms with Crippen molar-refractivity contribution in [1.29, 1.82) is 0 Å². The van der Waals surface area contributed by atoms with E-state index in [2.05, 4.69) is 28.0 Å². The topological polar surface area (TPSA) is 29.9 Å². The Kier molecular flexibility index (Phi) is 3.19. The van der Waals surface area contributed by atoms with Gasteiger partial charge < -0.3 is 9.88 Å². The van der Waals surface area contributed by atoms with E-state index >= 15 is 0 Å². The molecule has 1 N–H and O–H groups in total. The van der Waals surface area contributed by atoms with Crippen molar-refractivity contribution in [1.82, 2.24) is 14.9 Å². The minimum atomic E-state index is 0.714. The van der Waals surface area contributed by atoms with Crippen molar-refractivity contribution in [2.75, 3.05) is 13.1 Å². The quantitative estimate of drug-likeness (QED) is 0.723. The Balaban J connectivity index is 1.65. The lowest BCUT2D eigenvalue weighted by Gasteiger charge is -2.36. The number of nitrogens with one attached hydrogen (secondary N) is 1. The van der Waals surface area contributed by atoms with Crippen molar-refractivity contribution in [3.05, 3.63) is 18.7 Å². The number of imidazole rings is 1. The first kappa shape index (κ1) is 9.71. The third kappa shape index (κ3) is 2.15. The van der Waals surface area contributed by atoms with Gasteiger partial charge in [-0.1, -0.05) is 6.92 Å². The predicted molar refractivity (Wildman–Crippen MR) is 57.1 cm³/mol. The van der Waals surface area contributed by atoms with E-state index in [0.717, 1.165) is 12.5 Å². The molecule has 0 radical (unpaired) electrons. The monoisotopic (exact) mass is 193 g/mol. The Bertz CT molecular complexity index is 250. The molecule has 1 aromatic rings. The van der Waals surface area contributed by atoms with Gasteiger partial charge in [0.25, 0.3) is 0 Å². The van der Waals surface area contributed by atoms with Crippen LogP contribution >= 0.6 is 0 Å². The van der Waals surface area contributed by atoms with Crippen LogP contribution in [0.1, 0.15) is 32.2 Å². The summed E-state index contributed by atoms with van der Waals surface area (Å²) in [4.78, 5) is 4.07. The molecule has 2 rings (SSSR count). The van der Waals surface area contributed by atoms with E-state index in [1.807, 2.05) is 12.5 Å². The molecule has 0 aliphatic heterocycles. The maximum atomic E-state index is 4.07. The van der Waals surface area contributed by atoms with Gasteiger partial charge in [0.05, 0.1) is 6.33 Å². The summed E-state index contributed by atoms with van der Waals surface area (Å²) in [5.74, 6) is 0.883. The first-order valence-corrected chi connectivity index (χ1v) is 5.58. The first-order valence-electron chi connectivity index (χ1n) is 5.58. The van der Waals surface area contributed by atoms with Gasteiger partial charge in [-0.3, -0.25) is 0 Å². The molecular weight excluding hydrogens is 174 g/mol. The SMILES string of the molecule is CCCNCC1CC(n2ccnc2)C1. The molecule has 0 spiro atoms. The summed E-state index contributed by atoms with van der Waals surface area (Å²) in [5.41, 5.74) is 0. The molecule has 1 aliphatic carbocycles. The maximum Gasteiger partial charge on any atom is 0.0948 e. The Hall–Kier alpha value is -0.830. The molecule has 3 heteroatoms. The van der Waals surface area contributed by atoms with Crippen molar-refractivity contribution in [2.45, 2.75) is 32.2 Å². The second kappa shape index (κ2) is 4.60. The molecule has 1 aromatic heterocycles. The molecule has 0 bridgehead atoms. The minimum Gasteiger partial charge on any atom is -0.334 e. The van der Waals surface area contributed by atoms with Crippen LogP contribution in [0.5, 0.6) is 0 Å². The van der Waals surface area contributed by atoms with Crippen LogP contribution in [-0.2, 0) is 0 Å². The normalized spacial score (nSPS) is 26.1. The molecule has 1 fully saturated rings. The second-order valence-corrected chi connectivity index (χ2v) is 4.21. The molecule has 78 valence electrons. The highest BCUT2D eigenvalue weighted by Gasteiger charge is 2.29. The third-order valence-corrected chi connectivity index (χ3v) is 3.02. The fourth-order valence-electron chi connectivity index (χ4n) is 2.08. The Morgan fingerprint density at radius 3 is 3.00 bits per heavy atom. The van der Waals surface area contributed by atoms with E-state index in [0.29, 0.717) is 6.04 Å². The second-order valence-electron chi connectivity index (χ2n) is 4.21. The Labute approximate surface area is 85.5 Å². The Morgan fingerprint density at radius 2 is 2.36 bits per heavy atom. The van der Waals surface area contributed by atoms with Gasteiger partial charge >= 0.3 is 0 Å². The van der Waals surface area contributed by atoms with Crippen LogP contribution in [0.4, 0.5) is 0 Å². The first-order chi connectivity index (χ1) is 6.90. The van der Waals surface area contributed by atoms with Crippen LogP contribution in [0, 0.1) is 5.92 Å². The van der Waals surface area contributed by atoms with Crippen LogP contribution in [0.25, 0.3) is 0 Å². The zero-order chi connectivity index (χ0) is 9.80. The van der Waals surface area contributed by atoms with Crippen molar-refractivity contribution >= 4 is 0 Å². The summed E-state index contributed by atoms with van der Waals surface area (Å²) in [7, 11) is 0. The molecule has 14 heavy (non-hydrogen) atoms. The highest BCUT2D eigenvalue weighted by atomic mass is 15.1. The van der Waals surface area contributed by atoms with E-state index < -0.39 is 0 Å². The van der Waals surface area contributed by atoms with Gasteiger partial charge in [0, 0.05) is 18.4 Å². The van der Waals surface area contributed by atoms with Gasteiger partial charge in [-0.15, -0.1) is 0 Å². The van der Waals surface area contributed by atoms with E-state index in [1.165, 1.54) is 25.8 Å². The summed E-state index contributed by atoms with van der Waals surface area (Å²) >= 11 is 0. The molecule has 0 aromatic carbocycles. The largest absolute Gasteiger partial charge is 0.334 e. The molecule has 0 atom stereocenters. The number of rotatable bonds is 5. The van der Waals surface area contributed by atoms with Gasteiger partial charge in [0.15, 0.2) is 0 Å². The zero-order valence-corrected chi connectivity index (χ0v) is 8.82. The van der Waals surface area contributed by atoms with E-state index in [4.69, 9.17) is 0 Å². The van der Waals surface area contributed by atoms with Crippen molar-refractivity contribution in [3.63, 3.8) is 0 Å². The molecule has 3 nitrogen and oxygen atoms in total. The standard InChI is InChI=1S/C11H19N3/c1-2-3-12-8-10-6-11(7-10)14-5-4-13-9-14/h4-5,9-12H,2-3,6-8H2,1H3. The summed E-state index contributed by atoms with van der Waals surface area (Å²) in [6.07, 6.45) is 9.72. The number of hydrogen-bond donors (Lipinski definition) is 1. The lowest BCUT2D eigenvalue weighted by atomic mass is 9.80. The zero-order valence-electron chi connectivity index (χ0n) is 8.82. The highest BCUT2D eigenvalue weighted by Crippen LogP contribution is 2.36. The maximum absolute atomic E-state index is 4.07. The van der Waals surface area contributed by atoms with Gasteiger partial charge in [-0.05, 0) is 38.3 Å². The fraction of sp³-hybridized carbons (Fsp3) is 0.727. The van der Waals surface area contributed by atoms with Gasteiger partial charge in [0.2, 0.25) is 0 Å². The smallest absolute Gasteiger partial charge is 0.0948 e. The number of hydrogen-bond acceptors (Lipinski definition) is 2. The molecular formula is C11H19N3. The minimum absolute atomic E-state index is 0.714. The summed E-state index contributed by atoms with van der Waals surface area (Å²) in [6, 6.07) is 0.714. The summed E-state index contributed by atoms with van der Waals surface area (Å²) in [6.45, 7) is 4.56. The van der Waals surface area contributed by atoms with Crippen LogP contribution < -0.4 is 5.32 Å².